The highest BCUT2D eigenvalue weighted by Gasteiger charge is 2.28. The number of rotatable bonds is 3. The minimum Gasteiger partial charge on any atom is -0.359 e. The minimum absolute atomic E-state index is 0.273. The molecule has 2 rings (SSSR count). The van der Waals surface area contributed by atoms with Crippen LogP contribution in [0.3, 0.4) is 0 Å². The summed E-state index contributed by atoms with van der Waals surface area (Å²) >= 11 is 0. The molecule has 0 unspecified atom stereocenters. The standard InChI is InChI=1S/C11H18N2O3S/c1-8-11(9(2)16-12-8)13-17(14,15)10-6-4-3-5-7-10/h10,13H,3-7H2,1-2H3. The Hall–Kier alpha value is -1.04. The average Bonchev–Trinajstić information content (AvgIpc) is 2.62. The van der Waals surface area contributed by atoms with Gasteiger partial charge in [-0.1, -0.05) is 24.4 Å². The molecule has 0 aromatic carbocycles. The first kappa shape index (κ1) is 12.4. The van der Waals surface area contributed by atoms with E-state index in [-0.39, 0.29) is 5.25 Å². The predicted molar refractivity (Wildman–Crippen MR) is 65.4 cm³/mol. The van der Waals surface area contributed by atoms with Crippen LogP contribution in [0.15, 0.2) is 4.52 Å². The van der Waals surface area contributed by atoms with Gasteiger partial charge in [0.1, 0.15) is 11.4 Å². The van der Waals surface area contributed by atoms with Gasteiger partial charge in [0.05, 0.1) is 5.25 Å². The summed E-state index contributed by atoms with van der Waals surface area (Å²) in [6.45, 7) is 3.44. The smallest absolute Gasteiger partial charge is 0.235 e. The van der Waals surface area contributed by atoms with E-state index in [4.69, 9.17) is 4.52 Å². The van der Waals surface area contributed by atoms with Crippen LogP contribution in [0.2, 0.25) is 0 Å². The van der Waals surface area contributed by atoms with Crippen LogP contribution in [0, 0.1) is 13.8 Å². The molecule has 17 heavy (non-hydrogen) atoms. The molecular weight excluding hydrogens is 240 g/mol. The molecule has 0 bridgehead atoms. The van der Waals surface area contributed by atoms with Gasteiger partial charge in [-0.25, -0.2) is 8.42 Å². The topological polar surface area (TPSA) is 72.2 Å². The fraction of sp³-hybridized carbons (Fsp3) is 0.727. The van der Waals surface area contributed by atoms with Crippen LogP contribution in [-0.2, 0) is 10.0 Å². The third kappa shape index (κ3) is 2.62. The van der Waals surface area contributed by atoms with Crippen LogP contribution in [0.5, 0.6) is 0 Å². The molecule has 0 amide bonds. The second kappa shape index (κ2) is 4.68. The molecule has 96 valence electrons. The third-order valence-corrected chi connectivity index (χ3v) is 5.11. The van der Waals surface area contributed by atoms with Crippen molar-refractivity contribution in [1.29, 1.82) is 0 Å². The summed E-state index contributed by atoms with van der Waals surface area (Å²) in [7, 11) is -3.30. The van der Waals surface area contributed by atoms with Crippen molar-refractivity contribution in [3.05, 3.63) is 11.5 Å². The van der Waals surface area contributed by atoms with Crippen molar-refractivity contribution < 1.29 is 12.9 Å². The number of aryl methyl sites for hydroxylation is 2. The van der Waals surface area contributed by atoms with E-state index >= 15 is 0 Å². The van der Waals surface area contributed by atoms with Crippen LogP contribution >= 0.6 is 0 Å². The number of sulfonamides is 1. The van der Waals surface area contributed by atoms with E-state index in [2.05, 4.69) is 9.88 Å². The van der Waals surface area contributed by atoms with Crippen molar-refractivity contribution in [2.45, 2.75) is 51.2 Å². The lowest BCUT2D eigenvalue weighted by Crippen LogP contribution is -2.30. The Morgan fingerprint density at radius 1 is 1.24 bits per heavy atom. The summed E-state index contributed by atoms with van der Waals surface area (Å²) in [6.07, 6.45) is 4.62. The highest BCUT2D eigenvalue weighted by Crippen LogP contribution is 2.27. The van der Waals surface area contributed by atoms with Gasteiger partial charge < -0.3 is 4.52 Å². The van der Waals surface area contributed by atoms with E-state index in [9.17, 15) is 8.42 Å². The lowest BCUT2D eigenvalue weighted by Gasteiger charge is -2.22. The zero-order chi connectivity index (χ0) is 12.5. The van der Waals surface area contributed by atoms with Gasteiger partial charge in [-0.15, -0.1) is 0 Å². The summed E-state index contributed by atoms with van der Waals surface area (Å²) in [5, 5.41) is 3.47. The molecule has 6 heteroatoms. The zero-order valence-corrected chi connectivity index (χ0v) is 11.0. The lowest BCUT2D eigenvalue weighted by atomic mass is 10.0. The molecule has 5 nitrogen and oxygen atoms in total. The Morgan fingerprint density at radius 2 is 1.88 bits per heavy atom. The molecular formula is C11H18N2O3S. The lowest BCUT2D eigenvalue weighted by molar-refractivity contribution is 0.393. The highest BCUT2D eigenvalue weighted by atomic mass is 32.2. The Kier molecular flexibility index (Phi) is 3.42. The first-order valence-corrected chi connectivity index (χ1v) is 7.50. The van der Waals surface area contributed by atoms with Crippen LogP contribution in [-0.4, -0.2) is 18.8 Å². The fourth-order valence-corrected chi connectivity index (χ4v) is 3.93. The monoisotopic (exact) mass is 258 g/mol. The number of nitrogens with one attached hydrogen (secondary N) is 1. The second-order valence-electron chi connectivity index (χ2n) is 4.61. The largest absolute Gasteiger partial charge is 0.359 e. The maximum absolute atomic E-state index is 12.2. The molecule has 0 spiro atoms. The molecule has 1 fully saturated rings. The molecule has 0 atom stereocenters. The van der Waals surface area contributed by atoms with Gasteiger partial charge in [0.2, 0.25) is 10.0 Å². The van der Waals surface area contributed by atoms with Crippen LogP contribution in [0.25, 0.3) is 0 Å². The molecule has 1 heterocycles. The first-order chi connectivity index (χ1) is 8.00. The zero-order valence-electron chi connectivity index (χ0n) is 10.2. The van der Waals surface area contributed by atoms with Crippen molar-refractivity contribution in [2.75, 3.05) is 4.72 Å². The first-order valence-electron chi connectivity index (χ1n) is 5.95. The van der Waals surface area contributed by atoms with Crippen molar-refractivity contribution in [2.24, 2.45) is 0 Å². The van der Waals surface area contributed by atoms with Crippen LogP contribution in [0.1, 0.15) is 43.6 Å². The third-order valence-electron chi connectivity index (χ3n) is 3.27. The van der Waals surface area contributed by atoms with Gasteiger partial charge >= 0.3 is 0 Å². The molecule has 1 saturated carbocycles. The predicted octanol–water partition coefficient (Wildman–Crippen LogP) is 2.37. The minimum atomic E-state index is -3.30. The van der Waals surface area contributed by atoms with Crippen molar-refractivity contribution in [3.8, 4) is 0 Å². The van der Waals surface area contributed by atoms with E-state index < -0.39 is 10.0 Å². The maximum atomic E-state index is 12.2. The number of aromatic nitrogens is 1. The molecule has 0 radical (unpaired) electrons. The summed E-state index contributed by atoms with van der Waals surface area (Å²) in [5.74, 6) is 0.516. The number of hydrogen-bond donors (Lipinski definition) is 1. The Bertz CT molecular complexity index is 467. The van der Waals surface area contributed by atoms with Gasteiger partial charge in [0.15, 0.2) is 5.76 Å². The van der Waals surface area contributed by atoms with E-state index in [1.54, 1.807) is 13.8 Å². The molecule has 1 aromatic rings. The summed E-state index contributed by atoms with van der Waals surface area (Å²) in [6, 6.07) is 0. The summed E-state index contributed by atoms with van der Waals surface area (Å²) in [4.78, 5) is 0. The van der Waals surface area contributed by atoms with Crippen molar-refractivity contribution in [3.63, 3.8) is 0 Å². The summed E-state index contributed by atoms with van der Waals surface area (Å²) < 4.78 is 31.9. The van der Waals surface area contributed by atoms with Gasteiger partial charge in [0, 0.05) is 0 Å². The number of nitrogens with zero attached hydrogens (tertiary/aromatic N) is 1. The highest BCUT2D eigenvalue weighted by molar-refractivity contribution is 7.93. The quantitative estimate of drug-likeness (QED) is 0.903. The van der Waals surface area contributed by atoms with E-state index in [0.29, 0.717) is 17.1 Å². The second-order valence-corrected chi connectivity index (χ2v) is 6.57. The van der Waals surface area contributed by atoms with E-state index in [0.717, 1.165) is 32.1 Å². The maximum Gasteiger partial charge on any atom is 0.235 e. The normalized spacial score (nSPS) is 18.2. The molecule has 0 aliphatic heterocycles. The van der Waals surface area contributed by atoms with Crippen molar-refractivity contribution >= 4 is 15.7 Å². The Labute approximate surface area is 102 Å². The Morgan fingerprint density at radius 3 is 2.41 bits per heavy atom. The van der Waals surface area contributed by atoms with E-state index in [1.807, 2.05) is 0 Å². The van der Waals surface area contributed by atoms with Gasteiger partial charge in [-0.05, 0) is 26.7 Å². The number of hydrogen-bond acceptors (Lipinski definition) is 4. The van der Waals surface area contributed by atoms with Gasteiger partial charge in [0.25, 0.3) is 0 Å². The van der Waals surface area contributed by atoms with Crippen LogP contribution in [0.4, 0.5) is 5.69 Å². The molecule has 0 saturated heterocycles. The molecule has 1 aliphatic carbocycles. The molecule has 1 aliphatic rings. The average molecular weight is 258 g/mol. The van der Waals surface area contributed by atoms with Gasteiger partial charge in [-0.2, -0.15) is 0 Å². The van der Waals surface area contributed by atoms with Gasteiger partial charge in [-0.3, -0.25) is 4.72 Å². The number of anilines is 1. The summed E-state index contributed by atoms with van der Waals surface area (Å²) in [5.41, 5.74) is 1.08. The van der Waals surface area contributed by atoms with E-state index in [1.165, 1.54) is 0 Å². The fourth-order valence-electron chi connectivity index (χ4n) is 2.23. The van der Waals surface area contributed by atoms with Crippen LogP contribution < -0.4 is 4.72 Å². The molecule has 1 N–H and O–H groups in total. The Balaban J connectivity index is 2.17. The van der Waals surface area contributed by atoms with Crippen molar-refractivity contribution in [1.82, 2.24) is 5.16 Å². The SMILES string of the molecule is Cc1noc(C)c1NS(=O)(=O)C1CCCCC1. The molecule has 1 aromatic heterocycles.